The van der Waals surface area contributed by atoms with Crippen LogP contribution in [0.15, 0.2) is 48.6 Å². The van der Waals surface area contributed by atoms with Crippen LogP contribution in [-0.4, -0.2) is 49.9 Å². The highest BCUT2D eigenvalue weighted by Crippen LogP contribution is 2.43. The third kappa shape index (κ3) is 39.5. The Morgan fingerprint density at radius 1 is 0.608 bits per heavy atom. The smallest absolute Gasteiger partial charge is 0.457 e. The molecule has 3 N–H and O–H groups in total. The summed E-state index contributed by atoms with van der Waals surface area (Å²) in [6.07, 6.45) is 45.5. The quantitative estimate of drug-likeness (QED) is 0.0277. The minimum atomic E-state index is -4.28. The fourth-order valence-electron chi connectivity index (χ4n) is 5.52. The van der Waals surface area contributed by atoms with Crippen molar-refractivity contribution in [2.45, 2.75) is 180 Å². The summed E-state index contributed by atoms with van der Waals surface area (Å²) < 4.78 is 33.4. The Kier molecular flexibility index (Phi) is 38.5. The number of nitrogens with two attached hydrogens (primary N) is 1. The van der Waals surface area contributed by atoms with Gasteiger partial charge in [-0.15, -0.1) is 0 Å². The molecule has 0 aromatic carbocycles. The molecule has 0 saturated heterocycles. The van der Waals surface area contributed by atoms with Crippen LogP contribution in [0.3, 0.4) is 0 Å². The van der Waals surface area contributed by atoms with Crippen LogP contribution in [0.5, 0.6) is 0 Å². The summed E-state index contributed by atoms with van der Waals surface area (Å²) in [6.45, 7) is 4.78. The lowest BCUT2D eigenvalue weighted by atomic mass is 10.0. The Labute approximate surface area is 313 Å². The molecule has 0 amide bonds. The van der Waals surface area contributed by atoms with Crippen molar-refractivity contribution in [3.8, 4) is 0 Å². The largest absolute Gasteiger partial charge is 0.472 e. The summed E-state index contributed by atoms with van der Waals surface area (Å²) in [5, 5.41) is 0. The third-order valence-corrected chi connectivity index (χ3v) is 9.49. The molecule has 0 aromatic heterocycles. The summed E-state index contributed by atoms with van der Waals surface area (Å²) in [4.78, 5) is 22.4. The molecule has 51 heavy (non-hydrogen) atoms. The molecule has 0 aliphatic carbocycles. The van der Waals surface area contributed by atoms with Gasteiger partial charge in [0.25, 0.3) is 0 Å². The molecule has 8 nitrogen and oxygen atoms in total. The molecule has 0 heterocycles. The van der Waals surface area contributed by atoms with Crippen molar-refractivity contribution in [1.82, 2.24) is 0 Å². The summed E-state index contributed by atoms with van der Waals surface area (Å²) in [5.41, 5.74) is 5.36. The number of carbonyl (C=O) groups is 1. The molecule has 2 atom stereocenters. The Balaban J connectivity index is 4.10. The van der Waals surface area contributed by atoms with E-state index in [0.717, 1.165) is 70.6 Å². The number of rotatable bonds is 39. The highest BCUT2D eigenvalue weighted by molar-refractivity contribution is 7.47. The maximum absolute atomic E-state index is 12.6. The second-order valence-corrected chi connectivity index (χ2v) is 14.9. The molecule has 0 radical (unpaired) electrons. The fourth-order valence-corrected chi connectivity index (χ4v) is 6.28. The zero-order valence-electron chi connectivity index (χ0n) is 32.8. The molecule has 0 fully saturated rings. The molecule has 0 aromatic rings. The first kappa shape index (κ1) is 49.5. The Hall–Kier alpha value is -1.54. The van der Waals surface area contributed by atoms with Gasteiger partial charge in [-0.3, -0.25) is 13.8 Å². The van der Waals surface area contributed by atoms with Gasteiger partial charge < -0.3 is 20.1 Å². The van der Waals surface area contributed by atoms with Crippen LogP contribution in [0.2, 0.25) is 0 Å². The second kappa shape index (κ2) is 39.7. The molecular weight excluding hydrogens is 661 g/mol. The van der Waals surface area contributed by atoms with Gasteiger partial charge in [0.05, 0.1) is 19.8 Å². The lowest BCUT2D eigenvalue weighted by molar-refractivity contribution is -0.154. The monoisotopic (exact) mass is 740 g/mol. The average molecular weight is 740 g/mol. The molecule has 9 heteroatoms. The van der Waals surface area contributed by atoms with E-state index in [1.54, 1.807) is 0 Å². The van der Waals surface area contributed by atoms with Crippen molar-refractivity contribution in [2.24, 2.45) is 5.73 Å². The number of allylic oxidation sites excluding steroid dienone is 8. The number of hydrogen-bond acceptors (Lipinski definition) is 7. The third-order valence-electron chi connectivity index (χ3n) is 8.51. The number of ether oxygens (including phenoxy) is 2. The van der Waals surface area contributed by atoms with Gasteiger partial charge in [-0.2, -0.15) is 0 Å². The molecule has 0 aliphatic rings. The van der Waals surface area contributed by atoms with Crippen LogP contribution in [0.25, 0.3) is 0 Å². The maximum Gasteiger partial charge on any atom is 0.472 e. The lowest BCUT2D eigenvalue weighted by Crippen LogP contribution is -2.28. The van der Waals surface area contributed by atoms with Crippen molar-refractivity contribution in [1.29, 1.82) is 0 Å². The minimum Gasteiger partial charge on any atom is -0.457 e. The van der Waals surface area contributed by atoms with Gasteiger partial charge in [0.2, 0.25) is 0 Å². The molecule has 0 bridgehead atoms. The normalized spacial score (nSPS) is 14.0. The van der Waals surface area contributed by atoms with E-state index in [9.17, 15) is 14.3 Å². The molecule has 0 rings (SSSR count). The van der Waals surface area contributed by atoms with Gasteiger partial charge in [0, 0.05) is 19.6 Å². The van der Waals surface area contributed by atoms with E-state index in [2.05, 4.69) is 62.5 Å². The zero-order chi connectivity index (χ0) is 37.4. The van der Waals surface area contributed by atoms with Crippen molar-refractivity contribution in [3.63, 3.8) is 0 Å². The lowest BCUT2D eigenvalue weighted by Gasteiger charge is -2.20. The second-order valence-electron chi connectivity index (χ2n) is 13.5. The summed E-state index contributed by atoms with van der Waals surface area (Å²) >= 11 is 0. The minimum absolute atomic E-state index is 0.0954. The summed E-state index contributed by atoms with van der Waals surface area (Å²) in [6, 6.07) is 0. The first-order chi connectivity index (χ1) is 24.9. The van der Waals surface area contributed by atoms with Crippen molar-refractivity contribution in [3.05, 3.63) is 48.6 Å². The predicted molar refractivity (Wildman–Crippen MR) is 215 cm³/mol. The number of hydrogen-bond donors (Lipinski definition) is 2. The van der Waals surface area contributed by atoms with Crippen LogP contribution in [0, 0.1) is 0 Å². The van der Waals surface area contributed by atoms with Crippen molar-refractivity contribution >= 4 is 13.8 Å². The van der Waals surface area contributed by atoms with E-state index in [1.807, 2.05) is 0 Å². The molecule has 0 spiro atoms. The van der Waals surface area contributed by atoms with E-state index in [-0.39, 0.29) is 32.3 Å². The van der Waals surface area contributed by atoms with Crippen LogP contribution in [0.1, 0.15) is 174 Å². The topological polar surface area (TPSA) is 117 Å². The number of unbranched alkanes of at least 4 members (excludes halogenated alkanes) is 18. The van der Waals surface area contributed by atoms with Gasteiger partial charge >= 0.3 is 13.8 Å². The van der Waals surface area contributed by atoms with Crippen molar-refractivity contribution < 1.29 is 32.8 Å². The van der Waals surface area contributed by atoms with E-state index >= 15 is 0 Å². The van der Waals surface area contributed by atoms with Gasteiger partial charge in [-0.1, -0.05) is 165 Å². The summed E-state index contributed by atoms with van der Waals surface area (Å²) in [5.74, 6) is -0.353. The maximum atomic E-state index is 12.6. The molecule has 298 valence electrons. The Morgan fingerprint density at radius 3 is 1.65 bits per heavy atom. The van der Waals surface area contributed by atoms with Gasteiger partial charge in [-0.25, -0.2) is 4.57 Å². The van der Waals surface area contributed by atoms with Gasteiger partial charge in [0.1, 0.15) is 6.10 Å². The number of phosphoric ester groups is 1. The van der Waals surface area contributed by atoms with Gasteiger partial charge in [0.15, 0.2) is 0 Å². The summed E-state index contributed by atoms with van der Waals surface area (Å²) in [7, 11) is -4.28. The average Bonchev–Trinajstić information content (AvgIpc) is 3.12. The number of phosphoric acid groups is 1. The molecular formula is C42H78NO7P. The highest BCUT2D eigenvalue weighted by Gasteiger charge is 2.25. The van der Waals surface area contributed by atoms with Crippen LogP contribution < -0.4 is 5.73 Å². The number of carbonyl (C=O) groups excluding carboxylic acids is 1. The van der Waals surface area contributed by atoms with E-state index in [0.29, 0.717) is 13.0 Å². The van der Waals surface area contributed by atoms with E-state index in [4.69, 9.17) is 24.3 Å². The standard InChI is InChI=1S/C42H78NO7P/c1-3-5-7-9-11-13-15-17-19-20-21-23-25-27-29-31-33-35-42(44)50-41(40-49-51(45,46)48-38-36-43)39-47-37-34-32-30-28-26-24-22-18-16-14-12-10-8-6-4-2/h5,7,11,13,17,19,21,23,41H,3-4,6,8-10,12,14-16,18,20,22,24-40,43H2,1-2H3,(H,45,46)/b7-5-,13-11-,19-17-,23-21-. The van der Waals surface area contributed by atoms with Crippen LogP contribution in [-0.2, 0) is 27.9 Å². The van der Waals surface area contributed by atoms with E-state index in [1.165, 1.54) is 83.5 Å². The van der Waals surface area contributed by atoms with E-state index < -0.39 is 13.9 Å². The molecule has 0 saturated carbocycles. The highest BCUT2D eigenvalue weighted by atomic mass is 31.2. The zero-order valence-corrected chi connectivity index (χ0v) is 33.7. The Bertz CT molecular complexity index is 921. The SMILES string of the molecule is CC/C=C\C/C=C\C/C=C\C/C=C\CCCCCCC(=O)OC(COCCCCCCCCCCCCCCCCC)COP(=O)(O)OCCN. The first-order valence-corrected chi connectivity index (χ1v) is 22.1. The molecule has 2 unspecified atom stereocenters. The van der Waals surface area contributed by atoms with Crippen LogP contribution >= 0.6 is 7.82 Å². The van der Waals surface area contributed by atoms with Gasteiger partial charge in [-0.05, 0) is 51.4 Å². The Morgan fingerprint density at radius 2 is 1.10 bits per heavy atom. The molecule has 0 aliphatic heterocycles. The van der Waals surface area contributed by atoms with Crippen LogP contribution in [0.4, 0.5) is 0 Å². The fraction of sp³-hybridized carbons (Fsp3) is 0.786. The number of esters is 1. The first-order valence-electron chi connectivity index (χ1n) is 20.6. The van der Waals surface area contributed by atoms with Crippen molar-refractivity contribution in [2.75, 3.05) is 33.0 Å². The predicted octanol–water partition coefficient (Wildman–Crippen LogP) is 12.0.